The van der Waals surface area contributed by atoms with Gasteiger partial charge < -0.3 is 9.84 Å². The molecule has 0 saturated heterocycles. The van der Waals surface area contributed by atoms with Crippen LogP contribution >= 0.6 is 15.9 Å². The molecular weight excluding hydrogens is 424 g/mol. The summed E-state index contributed by atoms with van der Waals surface area (Å²) in [5, 5.41) is 13.1. The Hall–Kier alpha value is -3.45. The number of phenolic OH excluding ortho intramolecular Hbond substituents is 1. The van der Waals surface area contributed by atoms with Crippen LogP contribution in [0.3, 0.4) is 0 Å². The summed E-state index contributed by atoms with van der Waals surface area (Å²) in [5.74, 6) is -0.356. The second kappa shape index (κ2) is 8.96. The molecule has 2 N–H and O–H groups in total. The average molecular weight is 439 g/mol. The van der Waals surface area contributed by atoms with Crippen LogP contribution in [0.4, 0.5) is 0 Å². The van der Waals surface area contributed by atoms with Crippen molar-refractivity contribution in [3.05, 3.63) is 94.0 Å². The number of hydrazone groups is 1. The molecule has 0 aliphatic rings. The number of rotatable bonds is 5. The van der Waals surface area contributed by atoms with Gasteiger partial charge in [-0.05, 0) is 78.4 Å². The van der Waals surface area contributed by atoms with Gasteiger partial charge in [0.25, 0.3) is 5.91 Å². The van der Waals surface area contributed by atoms with Gasteiger partial charge in [0.2, 0.25) is 0 Å². The Balaban J connectivity index is 1.55. The number of carbonyl (C=O) groups is 2. The van der Waals surface area contributed by atoms with Gasteiger partial charge >= 0.3 is 5.97 Å². The average Bonchev–Trinajstić information content (AvgIpc) is 2.70. The number of amides is 1. The first kappa shape index (κ1) is 19.3. The number of phenols is 1. The molecule has 0 aromatic heterocycles. The number of aromatic hydroxyl groups is 1. The van der Waals surface area contributed by atoms with Crippen molar-refractivity contribution in [2.24, 2.45) is 5.10 Å². The normalized spacial score (nSPS) is 10.6. The predicted molar refractivity (Wildman–Crippen MR) is 109 cm³/mol. The highest BCUT2D eigenvalue weighted by atomic mass is 79.9. The van der Waals surface area contributed by atoms with Crippen LogP contribution in [0.15, 0.2) is 82.4 Å². The van der Waals surface area contributed by atoms with Crippen molar-refractivity contribution in [2.75, 3.05) is 0 Å². The highest BCUT2D eigenvalue weighted by Gasteiger charge is 2.08. The van der Waals surface area contributed by atoms with E-state index in [1.54, 1.807) is 48.5 Å². The van der Waals surface area contributed by atoms with E-state index in [2.05, 4.69) is 26.5 Å². The zero-order valence-corrected chi connectivity index (χ0v) is 16.1. The summed E-state index contributed by atoms with van der Waals surface area (Å²) in [4.78, 5) is 24.0. The first-order valence-electron chi connectivity index (χ1n) is 8.21. The lowest BCUT2D eigenvalue weighted by molar-refractivity contribution is 0.0734. The lowest BCUT2D eigenvalue weighted by Gasteiger charge is -2.05. The molecule has 140 valence electrons. The fraction of sp³-hybridized carbons (Fsp3) is 0. The Bertz CT molecular complexity index is 998. The van der Waals surface area contributed by atoms with E-state index in [4.69, 9.17) is 4.74 Å². The number of benzene rings is 3. The van der Waals surface area contributed by atoms with Crippen LogP contribution in [0.1, 0.15) is 26.3 Å². The third-order valence-corrected chi connectivity index (χ3v) is 4.21. The van der Waals surface area contributed by atoms with E-state index in [1.807, 2.05) is 0 Å². The van der Waals surface area contributed by atoms with Gasteiger partial charge in [0.1, 0.15) is 11.5 Å². The minimum absolute atomic E-state index is 0.0842. The maximum atomic E-state index is 12.1. The van der Waals surface area contributed by atoms with Crippen molar-refractivity contribution >= 4 is 34.0 Å². The lowest BCUT2D eigenvalue weighted by Crippen LogP contribution is -2.17. The van der Waals surface area contributed by atoms with Crippen molar-refractivity contribution in [2.45, 2.75) is 0 Å². The van der Waals surface area contributed by atoms with Crippen LogP contribution < -0.4 is 10.2 Å². The van der Waals surface area contributed by atoms with Gasteiger partial charge in [-0.1, -0.05) is 15.9 Å². The number of hydrogen-bond donors (Lipinski definition) is 2. The maximum Gasteiger partial charge on any atom is 0.343 e. The Morgan fingerprint density at radius 3 is 2.14 bits per heavy atom. The van der Waals surface area contributed by atoms with E-state index >= 15 is 0 Å². The Morgan fingerprint density at radius 2 is 1.50 bits per heavy atom. The van der Waals surface area contributed by atoms with Gasteiger partial charge in [0.05, 0.1) is 11.8 Å². The van der Waals surface area contributed by atoms with E-state index in [9.17, 15) is 14.7 Å². The largest absolute Gasteiger partial charge is 0.508 e. The second-order valence-electron chi connectivity index (χ2n) is 5.71. The molecule has 0 unspecified atom stereocenters. The number of nitrogens with one attached hydrogen (secondary N) is 1. The van der Waals surface area contributed by atoms with E-state index in [1.165, 1.54) is 30.5 Å². The molecule has 3 aromatic rings. The van der Waals surface area contributed by atoms with Crippen LogP contribution in [0, 0.1) is 0 Å². The molecule has 6 nitrogen and oxygen atoms in total. The first-order chi connectivity index (χ1) is 13.5. The Labute approximate surface area is 169 Å². The van der Waals surface area contributed by atoms with Crippen molar-refractivity contribution in [3.8, 4) is 11.5 Å². The summed E-state index contributed by atoms with van der Waals surface area (Å²) in [5.41, 5.74) is 3.95. The molecule has 0 aliphatic carbocycles. The topological polar surface area (TPSA) is 88.0 Å². The van der Waals surface area contributed by atoms with Crippen LogP contribution in [0.5, 0.6) is 11.5 Å². The number of hydrogen-bond acceptors (Lipinski definition) is 5. The van der Waals surface area contributed by atoms with E-state index in [0.717, 1.165) is 10.0 Å². The van der Waals surface area contributed by atoms with Crippen LogP contribution in [0.25, 0.3) is 0 Å². The summed E-state index contributed by atoms with van der Waals surface area (Å²) in [6, 6.07) is 19.4. The molecule has 0 radical (unpaired) electrons. The standard InChI is InChI=1S/C21H15BrN2O4/c22-17-7-3-16(4-8-17)21(27)28-19-11-1-14(2-12-19)13-23-24-20(26)15-5-9-18(25)10-6-15/h1-13,25H,(H,24,26). The van der Waals surface area contributed by atoms with Gasteiger partial charge in [0.15, 0.2) is 0 Å². The minimum atomic E-state index is -0.449. The molecule has 3 rings (SSSR count). The zero-order chi connectivity index (χ0) is 19.9. The maximum absolute atomic E-state index is 12.1. The molecule has 0 saturated carbocycles. The highest BCUT2D eigenvalue weighted by Crippen LogP contribution is 2.16. The third kappa shape index (κ3) is 5.28. The van der Waals surface area contributed by atoms with Gasteiger partial charge in [-0.25, -0.2) is 10.2 Å². The molecule has 1 amide bonds. The number of nitrogens with zero attached hydrogens (tertiary/aromatic N) is 1. The molecule has 0 spiro atoms. The van der Waals surface area contributed by atoms with E-state index in [-0.39, 0.29) is 5.75 Å². The third-order valence-electron chi connectivity index (χ3n) is 3.68. The van der Waals surface area contributed by atoms with Crippen LogP contribution in [-0.4, -0.2) is 23.2 Å². The number of esters is 1. The lowest BCUT2D eigenvalue weighted by atomic mass is 10.2. The summed E-state index contributed by atoms with van der Waals surface area (Å²) >= 11 is 3.31. The number of halogens is 1. The summed E-state index contributed by atoms with van der Waals surface area (Å²) in [6.07, 6.45) is 1.47. The van der Waals surface area contributed by atoms with E-state index in [0.29, 0.717) is 16.9 Å². The van der Waals surface area contributed by atoms with Crippen molar-refractivity contribution < 1.29 is 19.4 Å². The zero-order valence-electron chi connectivity index (χ0n) is 14.5. The molecule has 0 atom stereocenters. The van der Waals surface area contributed by atoms with Crippen molar-refractivity contribution in [1.82, 2.24) is 5.43 Å². The van der Waals surface area contributed by atoms with Gasteiger partial charge in [0, 0.05) is 10.0 Å². The molecule has 0 heterocycles. The second-order valence-corrected chi connectivity index (χ2v) is 6.63. The smallest absolute Gasteiger partial charge is 0.343 e. The molecular formula is C21H15BrN2O4. The summed E-state index contributed by atoms with van der Waals surface area (Å²) < 4.78 is 6.20. The van der Waals surface area contributed by atoms with Crippen molar-refractivity contribution in [3.63, 3.8) is 0 Å². The fourth-order valence-electron chi connectivity index (χ4n) is 2.22. The Kier molecular flexibility index (Phi) is 6.18. The van der Waals surface area contributed by atoms with Gasteiger partial charge in [-0.2, -0.15) is 5.10 Å². The van der Waals surface area contributed by atoms with Crippen LogP contribution in [0.2, 0.25) is 0 Å². The molecule has 0 bridgehead atoms. The molecule has 0 aliphatic heterocycles. The molecule has 0 fully saturated rings. The minimum Gasteiger partial charge on any atom is -0.508 e. The SMILES string of the molecule is O=C(NN=Cc1ccc(OC(=O)c2ccc(Br)cc2)cc1)c1ccc(O)cc1. The predicted octanol–water partition coefficient (Wildman–Crippen LogP) is 4.14. The summed E-state index contributed by atoms with van der Waals surface area (Å²) in [6.45, 7) is 0. The summed E-state index contributed by atoms with van der Waals surface area (Å²) in [7, 11) is 0. The monoisotopic (exact) mass is 438 g/mol. The van der Waals surface area contributed by atoms with Crippen molar-refractivity contribution in [1.29, 1.82) is 0 Å². The molecule has 7 heteroatoms. The number of carbonyl (C=O) groups excluding carboxylic acids is 2. The molecule has 28 heavy (non-hydrogen) atoms. The Morgan fingerprint density at radius 1 is 0.893 bits per heavy atom. The van der Waals surface area contributed by atoms with Crippen LogP contribution in [-0.2, 0) is 0 Å². The highest BCUT2D eigenvalue weighted by molar-refractivity contribution is 9.10. The van der Waals surface area contributed by atoms with Gasteiger partial charge in [-0.15, -0.1) is 0 Å². The van der Waals surface area contributed by atoms with E-state index < -0.39 is 11.9 Å². The molecule has 3 aromatic carbocycles. The number of ether oxygens (including phenoxy) is 1. The quantitative estimate of drug-likeness (QED) is 0.271. The van der Waals surface area contributed by atoms with Gasteiger partial charge in [-0.3, -0.25) is 4.79 Å². The first-order valence-corrected chi connectivity index (χ1v) is 9.01. The fourth-order valence-corrected chi connectivity index (χ4v) is 2.48.